The maximum Gasteiger partial charge on any atom is 0.236 e. The third-order valence-electron chi connectivity index (χ3n) is 5.46. The van der Waals surface area contributed by atoms with E-state index in [9.17, 15) is 9.18 Å². The molecule has 6 nitrogen and oxygen atoms in total. The molecule has 1 amide bonds. The van der Waals surface area contributed by atoms with Gasteiger partial charge in [-0.2, -0.15) is 0 Å². The summed E-state index contributed by atoms with van der Waals surface area (Å²) in [5.74, 6) is 1.35. The Kier molecular flexibility index (Phi) is 5.97. The van der Waals surface area contributed by atoms with Crippen LogP contribution in [0.15, 0.2) is 42.5 Å². The number of likely N-dealkylation sites (N-methyl/N-ethyl adjacent to an activating group) is 1. The number of hydrogen-bond acceptors (Lipinski definition) is 5. The maximum absolute atomic E-state index is 13.8. The predicted octanol–water partition coefficient (Wildman–Crippen LogP) is 2.33. The number of amides is 1. The number of halogens is 1. The van der Waals surface area contributed by atoms with Crippen LogP contribution in [0.2, 0.25) is 0 Å². The molecule has 2 aromatic rings. The van der Waals surface area contributed by atoms with Crippen molar-refractivity contribution in [1.82, 2.24) is 14.7 Å². The van der Waals surface area contributed by atoms with Crippen molar-refractivity contribution in [2.75, 3.05) is 46.6 Å². The summed E-state index contributed by atoms with van der Waals surface area (Å²) in [4.78, 5) is 18.7. The first-order valence-corrected chi connectivity index (χ1v) is 9.89. The van der Waals surface area contributed by atoms with Crippen LogP contribution in [-0.2, 0) is 17.9 Å². The largest absolute Gasteiger partial charge is 0.454 e. The quantitative estimate of drug-likeness (QED) is 0.746. The van der Waals surface area contributed by atoms with Gasteiger partial charge in [-0.05, 0) is 23.8 Å². The molecular weight excluding hydrogens is 373 g/mol. The fraction of sp³-hybridized carbons (Fsp3) is 0.409. The summed E-state index contributed by atoms with van der Waals surface area (Å²) in [7, 11) is 1.73. The molecule has 0 N–H and O–H groups in total. The smallest absolute Gasteiger partial charge is 0.236 e. The van der Waals surface area contributed by atoms with E-state index < -0.39 is 0 Å². The fourth-order valence-corrected chi connectivity index (χ4v) is 3.69. The van der Waals surface area contributed by atoms with Gasteiger partial charge in [-0.15, -0.1) is 0 Å². The van der Waals surface area contributed by atoms with E-state index in [2.05, 4.69) is 15.9 Å². The minimum absolute atomic E-state index is 0.0116. The minimum Gasteiger partial charge on any atom is -0.454 e. The Hall–Kier alpha value is -2.64. The van der Waals surface area contributed by atoms with Crippen molar-refractivity contribution in [1.29, 1.82) is 0 Å². The van der Waals surface area contributed by atoms with E-state index in [1.807, 2.05) is 12.1 Å². The van der Waals surface area contributed by atoms with Gasteiger partial charge in [0, 0.05) is 51.9 Å². The van der Waals surface area contributed by atoms with Gasteiger partial charge >= 0.3 is 0 Å². The number of benzene rings is 2. The highest BCUT2D eigenvalue weighted by Crippen LogP contribution is 2.32. The van der Waals surface area contributed by atoms with Gasteiger partial charge in [0.1, 0.15) is 5.82 Å². The van der Waals surface area contributed by atoms with Crippen molar-refractivity contribution in [2.45, 2.75) is 13.1 Å². The monoisotopic (exact) mass is 399 g/mol. The van der Waals surface area contributed by atoms with Crippen molar-refractivity contribution >= 4 is 5.91 Å². The normalized spacial score (nSPS) is 16.8. The predicted molar refractivity (Wildman–Crippen MR) is 107 cm³/mol. The van der Waals surface area contributed by atoms with Gasteiger partial charge in [0.15, 0.2) is 11.5 Å². The van der Waals surface area contributed by atoms with Crippen LogP contribution in [0, 0.1) is 5.82 Å². The zero-order valence-corrected chi connectivity index (χ0v) is 16.6. The van der Waals surface area contributed by atoms with Crippen molar-refractivity contribution in [3.63, 3.8) is 0 Å². The van der Waals surface area contributed by atoms with E-state index in [0.717, 1.165) is 44.2 Å². The lowest BCUT2D eigenvalue weighted by molar-refractivity contribution is -0.132. The van der Waals surface area contributed by atoms with Gasteiger partial charge in [0.25, 0.3) is 0 Å². The summed E-state index contributed by atoms with van der Waals surface area (Å²) in [6, 6.07) is 12.6. The van der Waals surface area contributed by atoms with Gasteiger partial charge in [0.05, 0.1) is 6.54 Å². The summed E-state index contributed by atoms with van der Waals surface area (Å²) in [5, 5.41) is 0. The highest BCUT2D eigenvalue weighted by atomic mass is 19.1. The summed E-state index contributed by atoms with van der Waals surface area (Å²) < 4.78 is 24.6. The van der Waals surface area contributed by atoms with Gasteiger partial charge in [0.2, 0.25) is 12.7 Å². The van der Waals surface area contributed by atoms with Crippen LogP contribution < -0.4 is 9.47 Å². The van der Waals surface area contributed by atoms with Gasteiger partial charge in [-0.3, -0.25) is 14.6 Å². The van der Waals surface area contributed by atoms with Crippen LogP contribution in [0.4, 0.5) is 4.39 Å². The van der Waals surface area contributed by atoms with Crippen LogP contribution in [0.5, 0.6) is 11.5 Å². The second kappa shape index (κ2) is 8.80. The number of piperazine rings is 1. The second-order valence-electron chi connectivity index (χ2n) is 7.58. The Morgan fingerprint density at radius 1 is 1.03 bits per heavy atom. The second-order valence-corrected chi connectivity index (χ2v) is 7.58. The SMILES string of the molecule is CN(Cc1ccccc1F)C(=O)CN1CCN(Cc2ccc3c(c2)OCO3)CC1. The molecule has 2 aliphatic heterocycles. The number of rotatable bonds is 6. The Bertz CT molecular complexity index is 868. The lowest BCUT2D eigenvalue weighted by Gasteiger charge is -2.35. The molecule has 4 rings (SSSR count). The van der Waals surface area contributed by atoms with Crippen LogP contribution in [0.1, 0.15) is 11.1 Å². The first-order chi connectivity index (χ1) is 14.1. The van der Waals surface area contributed by atoms with E-state index in [1.54, 1.807) is 30.1 Å². The third-order valence-corrected chi connectivity index (χ3v) is 5.46. The molecule has 0 unspecified atom stereocenters. The summed E-state index contributed by atoms with van der Waals surface area (Å²) in [6.45, 7) is 5.27. The first-order valence-electron chi connectivity index (χ1n) is 9.89. The summed E-state index contributed by atoms with van der Waals surface area (Å²) in [5.41, 5.74) is 1.74. The van der Waals surface area contributed by atoms with Crippen molar-refractivity contribution < 1.29 is 18.7 Å². The number of nitrogens with zero attached hydrogens (tertiary/aromatic N) is 3. The Labute approximate surface area is 170 Å². The molecular formula is C22H26FN3O3. The van der Waals surface area contributed by atoms with Gasteiger partial charge in [-0.25, -0.2) is 4.39 Å². The van der Waals surface area contributed by atoms with Crippen molar-refractivity contribution in [3.05, 3.63) is 59.4 Å². The van der Waals surface area contributed by atoms with Gasteiger partial charge < -0.3 is 14.4 Å². The molecule has 0 aliphatic carbocycles. The molecule has 0 radical (unpaired) electrons. The number of carbonyl (C=O) groups is 1. The molecule has 2 aromatic carbocycles. The molecule has 2 aliphatic rings. The van der Waals surface area contributed by atoms with Gasteiger partial charge in [-0.1, -0.05) is 24.3 Å². The Morgan fingerprint density at radius 2 is 1.76 bits per heavy atom. The Morgan fingerprint density at radius 3 is 2.55 bits per heavy atom. The topological polar surface area (TPSA) is 45.3 Å². The molecule has 0 atom stereocenters. The van der Waals surface area contributed by atoms with Crippen LogP contribution in [0.3, 0.4) is 0 Å². The lowest BCUT2D eigenvalue weighted by atomic mass is 10.1. The molecule has 7 heteroatoms. The molecule has 154 valence electrons. The fourth-order valence-electron chi connectivity index (χ4n) is 3.69. The minimum atomic E-state index is -0.274. The highest BCUT2D eigenvalue weighted by molar-refractivity contribution is 5.78. The molecule has 1 saturated heterocycles. The molecule has 2 heterocycles. The maximum atomic E-state index is 13.8. The average molecular weight is 399 g/mol. The number of ether oxygens (including phenoxy) is 2. The third kappa shape index (κ3) is 4.86. The number of carbonyl (C=O) groups excluding carboxylic acids is 1. The Balaban J connectivity index is 1.23. The molecule has 0 aromatic heterocycles. The molecule has 0 saturated carbocycles. The number of fused-ring (bicyclic) bond motifs is 1. The van der Waals surface area contributed by atoms with E-state index in [4.69, 9.17) is 9.47 Å². The summed E-state index contributed by atoms with van der Waals surface area (Å²) in [6.07, 6.45) is 0. The van der Waals surface area contributed by atoms with E-state index in [1.165, 1.54) is 11.6 Å². The molecule has 1 fully saturated rings. The zero-order chi connectivity index (χ0) is 20.2. The molecule has 0 bridgehead atoms. The summed E-state index contributed by atoms with van der Waals surface area (Å²) >= 11 is 0. The molecule has 29 heavy (non-hydrogen) atoms. The molecule has 0 spiro atoms. The zero-order valence-electron chi connectivity index (χ0n) is 16.6. The standard InChI is InChI=1S/C22H26FN3O3/c1-24(14-18-4-2-3-5-19(18)23)22(27)15-26-10-8-25(9-11-26)13-17-6-7-20-21(12-17)29-16-28-20/h2-7,12H,8-11,13-16H2,1H3. The first kappa shape index (κ1) is 19.7. The lowest BCUT2D eigenvalue weighted by Crippen LogP contribution is -2.49. The highest BCUT2D eigenvalue weighted by Gasteiger charge is 2.22. The van der Waals surface area contributed by atoms with E-state index in [-0.39, 0.29) is 25.1 Å². The van der Waals surface area contributed by atoms with E-state index in [0.29, 0.717) is 12.1 Å². The van der Waals surface area contributed by atoms with E-state index >= 15 is 0 Å². The number of hydrogen-bond donors (Lipinski definition) is 0. The van der Waals surface area contributed by atoms with Crippen LogP contribution >= 0.6 is 0 Å². The van der Waals surface area contributed by atoms with Crippen LogP contribution in [-0.4, -0.2) is 67.2 Å². The van der Waals surface area contributed by atoms with Crippen molar-refractivity contribution in [2.24, 2.45) is 0 Å². The average Bonchev–Trinajstić information content (AvgIpc) is 3.19. The van der Waals surface area contributed by atoms with Crippen LogP contribution in [0.25, 0.3) is 0 Å². The van der Waals surface area contributed by atoms with Crippen molar-refractivity contribution in [3.8, 4) is 11.5 Å².